The number of H-pyrrole nitrogens is 1. The topological polar surface area (TPSA) is 76.0 Å². The van der Waals surface area contributed by atoms with Crippen molar-refractivity contribution in [3.05, 3.63) is 73.8 Å². The smallest absolute Gasteiger partial charge is 0.270 e. The molecule has 0 aliphatic carbocycles. The average Bonchev–Trinajstić information content (AvgIpc) is 3.05. The van der Waals surface area contributed by atoms with Crippen LogP contribution in [0.3, 0.4) is 0 Å². The number of hydrogen-bond donors (Lipinski definition) is 1. The number of non-ortho nitro benzene ring substituents is 1. The number of rotatable bonds is 2. The highest BCUT2D eigenvalue weighted by atomic mass is 32.2. The number of nitrogens with zero attached hydrogens (tertiary/aromatic N) is 1. The molecule has 6 heteroatoms. The fourth-order valence-electron chi connectivity index (χ4n) is 3.07. The number of carbonyl (C=O) groups is 1. The Labute approximate surface area is 147 Å². The Morgan fingerprint density at radius 2 is 1.96 bits per heavy atom. The maximum atomic E-state index is 12.7. The summed E-state index contributed by atoms with van der Waals surface area (Å²) in [5.74, 6) is 0.00267. The van der Waals surface area contributed by atoms with Crippen molar-refractivity contribution in [1.82, 2.24) is 4.98 Å². The summed E-state index contributed by atoms with van der Waals surface area (Å²) in [4.78, 5) is 28.2. The van der Waals surface area contributed by atoms with Crippen molar-refractivity contribution in [3.8, 4) is 0 Å². The summed E-state index contributed by atoms with van der Waals surface area (Å²) < 4.78 is 0. The third-order valence-corrected chi connectivity index (χ3v) is 5.43. The van der Waals surface area contributed by atoms with E-state index in [1.807, 2.05) is 38.1 Å². The molecule has 0 saturated heterocycles. The standard InChI is InChI=1S/C19H14N2O3S/c1-10-3-6-17-15(7-10)19(22)18(25-17)9-13-11(2)20-16-5-4-12(21(23)24)8-14(13)16/h3-9,20H,1-2H3. The molecule has 124 valence electrons. The van der Waals surface area contributed by atoms with Crippen molar-refractivity contribution in [2.45, 2.75) is 18.7 Å². The summed E-state index contributed by atoms with van der Waals surface area (Å²) in [6.07, 6.45) is 1.83. The van der Waals surface area contributed by atoms with Crippen molar-refractivity contribution in [2.75, 3.05) is 0 Å². The van der Waals surface area contributed by atoms with E-state index in [2.05, 4.69) is 4.98 Å². The number of ketones is 1. The predicted octanol–water partition coefficient (Wildman–Crippen LogP) is 5.02. The highest BCUT2D eigenvalue weighted by Crippen LogP contribution is 2.42. The molecule has 0 bridgehead atoms. The van der Waals surface area contributed by atoms with Crippen LogP contribution in [0, 0.1) is 24.0 Å². The molecule has 0 unspecified atom stereocenters. The number of aromatic nitrogens is 1. The molecule has 0 saturated carbocycles. The molecule has 5 nitrogen and oxygen atoms in total. The van der Waals surface area contributed by atoms with Gasteiger partial charge < -0.3 is 4.98 Å². The van der Waals surface area contributed by atoms with Gasteiger partial charge >= 0.3 is 0 Å². The van der Waals surface area contributed by atoms with Crippen LogP contribution in [-0.2, 0) is 0 Å². The number of carbonyl (C=O) groups excluding carboxylic acids is 1. The van der Waals surface area contributed by atoms with E-state index in [9.17, 15) is 14.9 Å². The summed E-state index contributed by atoms with van der Waals surface area (Å²) in [5.41, 5.74) is 4.32. The number of fused-ring (bicyclic) bond motifs is 2. The van der Waals surface area contributed by atoms with Crippen LogP contribution >= 0.6 is 11.8 Å². The molecule has 2 aromatic carbocycles. The first-order valence-electron chi connectivity index (χ1n) is 7.75. The monoisotopic (exact) mass is 350 g/mol. The van der Waals surface area contributed by atoms with Crippen LogP contribution in [0.1, 0.15) is 27.2 Å². The van der Waals surface area contributed by atoms with Gasteiger partial charge in [0.2, 0.25) is 5.78 Å². The minimum atomic E-state index is -0.410. The van der Waals surface area contributed by atoms with Gasteiger partial charge in [-0.25, -0.2) is 0 Å². The van der Waals surface area contributed by atoms with Crippen LogP contribution < -0.4 is 0 Å². The van der Waals surface area contributed by atoms with Gasteiger partial charge in [0.15, 0.2) is 0 Å². The van der Waals surface area contributed by atoms with Crippen molar-refractivity contribution < 1.29 is 9.72 Å². The van der Waals surface area contributed by atoms with Crippen LogP contribution in [0.4, 0.5) is 5.69 Å². The predicted molar refractivity (Wildman–Crippen MR) is 99.0 cm³/mol. The van der Waals surface area contributed by atoms with E-state index in [0.29, 0.717) is 4.91 Å². The number of nitro groups is 1. The lowest BCUT2D eigenvalue weighted by molar-refractivity contribution is -0.384. The molecule has 1 N–H and O–H groups in total. The number of aryl methyl sites for hydroxylation is 2. The molecular formula is C19H14N2O3S. The second-order valence-electron chi connectivity index (χ2n) is 6.09. The number of allylic oxidation sites excluding steroid dienone is 1. The van der Waals surface area contributed by atoms with Crippen LogP contribution in [0.2, 0.25) is 0 Å². The van der Waals surface area contributed by atoms with E-state index in [1.54, 1.807) is 12.1 Å². The minimum Gasteiger partial charge on any atom is -0.358 e. The number of thioether (sulfide) groups is 1. The van der Waals surface area contributed by atoms with Gasteiger partial charge in [0.05, 0.1) is 9.83 Å². The Hall–Kier alpha value is -2.86. The van der Waals surface area contributed by atoms with Gasteiger partial charge in [0.25, 0.3) is 5.69 Å². The normalized spacial score (nSPS) is 15.1. The molecule has 0 radical (unpaired) electrons. The van der Waals surface area contributed by atoms with Crippen LogP contribution in [0.25, 0.3) is 17.0 Å². The fourth-order valence-corrected chi connectivity index (χ4v) is 4.08. The lowest BCUT2D eigenvalue weighted by atomic mass is 10.1. The molecule has 1 aliphatic rings. The second-order valence-corrected chi connectivity index (χ2v) is 7.17. The van der Waals surface area contributed by atoms with Crippen LogP contribution in [0.15, 0.2) is 46.2 Å². The Morgan fingerprint density at radius 1 is 1.16 bits per heavy atom. The zero-order chi connectivity index (χ0) is 17.7. The number of hydrogen-bond acceptors (Lipinski definition) is 4. The van der Waals surface area contributed by atoms with E-state index in [-0.39, 0.29) is 11.5 Å². The quantitative estimate of drug-likeness (QED) is 0.400. The highest BCUT2D eigenvalue weighted by Gasteiger charge is 2.26. The molecular weight excluding hydrogens is 336 g/mol. The average molecular weight is 350 g/mol. The minimum absolute atomic E-state index is 0.00267. The molecule has 25 heavy (non-hydrogen) atoms. The lowest BCUT2D eigenvalue weighted by Gasteiger charge is -1.97. The molecule has 4 rings (SSSR count). The summed E-state index contributed by atoms with van der Waals surface area (Å²) >= 11 is 1.44. The van der Waals surface area contributed by atoms with Crippen molar-refractivity contribution in [3.63, 3.8) is 0 Å². The number of nitrogens with one attached hydrogen (secondary N) is 1. The molecule has 0 amide bonds. The summed E-state index contributed by atoms with van der Waals surface area (Å²) in [5, 5.41) is 11.8. The number of benzene rings is 2. The number of aromatic amines is 1. The third-order valence-electron chi connectivity index (χ3n) is 4.33. The highest BCUT2D eigenvalue weighted by molar-refractivity contribution is 8.04. The Morgan fingerprint density at radius 3 is 2.72 bits per heavy atom. The van der Waals surface area contributed by atoms with E-state index in [0.717, 1.165) is 38.2 Å². The maximum absolute atomic E-state index is 12.7. The van der Waals surface area contributed by atoms with Crippen molar-refractivity contribution in [2.24, 2.45) is 0 Å². The van der Waals surface area contributed by atoms with Gasteiger partial charge in [-0.05, 0) is 38.1 Å². The van der Waals surface area contributed by atoms with E-state index in [1.165, 1.54) is 17.8 Å². The van der Waals surface area contributed by atoms with Gasteiger partial charge in [0, 0.05) is 44.8 Å². The molecule has 2 heterocycles. The first kappa shape index (κ1) is 15.7. The second kappa shape index (κ2) is 5.60. The van der Waals surface area contributed by atoms with E-state index >= 15 is 0 Å². The first-order chi connectivity index (χ1) is 11.9. The Kier molecular flexibility index (Phi) is 3.51. The van der Waals surface area contributed by atoms with Crippen molar-refractivity contribution in [1.29, 1.82) is 0 Å². The van der Waals surface area contributed by atoms with Gasteiger partial charge in [0.1, 0.15) is 0 Å². The van der Waals surface area contributed by atoms with Gasteiger partial charge in [-0.15, -0.1) is 0 Å². The SMILES string of the molecule is Cc1ccc2c(c1)C(=O)C(=Cc1c(C)[nH]c3ccc([N+](=O)[O-])cc13)S2. The molecule has 1 aromatic heterocycles. The van der Waals surface area contributed by atoms with Gasteiger partial charge in [-0.2, -0.15) is 0 Å². The molecule has 0 spiro atoms. The first-order valence-corrected chi connectivity index (χ1v) is 8.57. The summed E-state index contributed by atoms with van der Waals surface area (Å²) in [6.45, 7) is 3.86. The zero-order valence-corrected chi connectivity index (χ0v) is 14.4. The largest absolute Gasteiger partial charge is 0.358 e. The lowest BCUT2D eigenvalue weighted by Crippen LogP contribution is -1.94. The molecule has 0 atom stereocenters. The number of Topliss-reactive ketones (excluding diaryl/α,β-unsaturated/α-hetero) is 1. The van der Waals surface area contributed by atoms with Gasteiger partial charge in [-0.3, -0.25) is 14.9 Å². The zero-order valence-electron chi connectivity index (χ0n) is 13.6. The maximum Gasteiger partial charge on any atom is 0.270 e. The van der Waals surface area contributed by atoms with Crippen LogP contribution in [0.5, 0.6) is 0 Å². The number of nitro benzene ring substituents is 1. The molecule has 1 aliphatic heterocycles. The molecule has 0 fully saturated rings. The Bertz CT molecular complexity index is 1100. The fraction of sp³-hybridized carbons (Fsp3) is 0.105. The summed E-state index contributed by atoms with van der Waals surface area (Å²) in [6, 6.07) is 10.6. The van der Waals surface area contributed by atoms with Crippen LogP contribution in [-0.4, -0.2) is 15.7 Å². The third kappa shape index (κ3) is 2.55. The van der Waals surface area contributed by atoms with E-state index < -0.39 is 4.92 Å². The Balaban J connectivity index is 1.84. The molecule has 3 aromatic rings. The van der Waals surface area contributed by atoms with Gasteiger partial charge in [-0.1, -0.05) is 23.4 Å². The van der Waals surface area contributed by atoms with Crippen molar-refractivity contribution >= 4 is 40.2 Å². The van der Waals surface area contributed by atoms with E-state index in [4.69, 9.17) is 0 Å². The summed E-state index contributed by atoms with van der Waals surface area (Å²) in [7, 11) is 0.